The fraction of sp³-hybridized carbons (Fsp3) is 0.350. The molecule has 2 N–H and O–H groups in total. The van der Waals surface area contributed by atoms with Gasteiger partial charge >= 0.3 is 0 Å². The number of amides is 1. The SMILES string of the molecule is O=C(c1cnn2cc(CCO)cnc12)N1CCC[C@H](Nc2cccc(F)c2)C1. The lowest BCUT2D eigenvalue weighted by molar-refractivity contribution is 0.0716. The molecule has 1 aromatic carbocycles. The highest BCUT2D eigenvalue weighted by Gasteiger charge is 2.27. The average Bonchev–Trinajstić information content (AvgIpc) is 3.11. The quantitative estimate of drug-likeness (QED) is 0.705. The third-order valence-corrected chi connectivity index (χ3v) is 4.94. The second-order valence-corrected chi connectivity index (χ2v) is 7.01. The van der Waals surface area contributed by atoms with E-state index in [1.165, 1.54) is 18.3 Å². The van der Waals surface area contributed by atoms with Crippen molar-refractivity contribution in [2.24, 2.45) is 0 Å². The molecule has 0 unspecified atom stereocenters. The molecule has 0 saturated carbocycles. The van der Waals surface area contributed by atoms with Gasteiger partial charge in [-0.1, -0.05) is 6.07 Å². The Bertz CT molecular complexity index is 990. The molecule has 1 aliphatic heterocycles. The van der Waals surface area contributed by atoms with E-state index < -0.39 is 0 Å². The number of hydrogen-bond donors (Lipinski definition) is 2. The van der Waals surface area contributed by atoms with Crippen LogP contribution in [0.1, 0.15) is 28.8 Å². The van der Waals surface area contributed by atoms with Gasteiger partial charge in [-0.25, -0.2) is 13.9 Å². The van der Waals surface area contributed by atoms with Gasteiger partial charge in [0.05, 0.1) is 6.20 Å². The predicted molar refractivity (Wildman–Crippen MR) is 103 cm³/mol. The summed E-state index contributed by atoms with van der Waals surface area (Å²) >= 11 is 0. The van der Waals surface area contributed by atoms with Crippen LogP contribution in [0.15, 0.2) is 42.9 Å². The second-order valence-electron chi connectivity index (χ2n) is 7.01. The first-order chi connectivity index (χ1) is 13.6. The zero-order valence-electron chi connectivity index (χ0n) is 15.4. The van der Waals surface area contributed by atoms with Gasteiger partial charge in [-0.15, -0.1) is 0 Å². The number of fused-ring (bicyclic) bond motifs is 1. The van der Waals surface area contributed by atoms with Crippen molar-refractivity contribution < 1.29 is 14.3 Å². The summed E-state index contributed by atoms with van der Waals surface area (Å²) in [7, 11) is 0. The number of halogens is 1. The summed E-state index contributed by atoms with van der Waals surface area (Å²) in [5, 5.41) is 16.6. The molecule has 8 heteroatoms. The number of likely N-dealkylation sites (tertiary alicyclic amines) is 1. The first-order valence-corrected chi connectivity index (χ1v) is 9.38. The molecule has 3 heterocycles. The number of aliphatic hydroxyl groups excluding tert-OH is 1. The van der Waals surface area contributed by atoms with Crippen LogP contribution in [0, 0.1) is 5.82 Å². The number of anilines is 1. The zero-order chi connectivity index (χ0) is 19.5. The Labute approximate surface area is 161 Å². The lowest BCUT2D eigenvalue weighted by Gasteiger charge is -2.33. The van der Waals surface area contributed by atoms with Gasteiger partial charge in [0.15, 0.2) is 5.65 Å². The van der Waals surface area contributed by atoms with Crippen LogP contribution in [-0.2, 0) is 6.42 Å². The molecular weight excluding hydrogens is 361 g/mol. The van der Waals surface area contributed by atoms with Gasteiger partial charge in [0.1, 0.15) is 11.4 Å². The molecule has 0 aliphatic carbocycles. The molecule has 146 valence electrons. The van der Waals surface area contributed by atoms with E-state index in [4.69, 9.17) is 5.11 Å². The van der Waals surface area contributed by atoms with E-state index in [2.05, 4.69) is 15.4 Å². The minimum atomic E-state index is -0.285. The number of aromatic nitrogens is 3. The van der Waals surface area contributed by atoms with Gasteiger partial charge in [-0.3, -0.25) is 4.79 Å². The highest BCUT2D eigenvalue weighted by atomic mass is 19.1. The monoisotopic (exact) mass is 383 g/mol. The highest BCUT2D eigenvalue weighted by Crippen LogP contribution is 2.20. The minimum absolute atomic E-state index is 0.0354. The summed E-state index contributed by atoms with van der Waals surface area (Å²) in [5.74, 6) is -0.394. The van der Waals surface area contributed by atoms with Crippen LogP contribution in [-0.4, -0.2) is 56.2 Å². The molecule has 3 aromatic rings. The van der Waals surface area contributed by atoms with Crippen molar-refractivity contribution in [3.8, 4) is 0 Å². The normalized spacial score (nSPS) is 17.1. The van der Waals surface area contributed by atoms with Crippen LogP contribution in [0.25, 0.3) is 5.65 Å². The van der Waals surface area contributed by atoms with Crippen molar-refractivity contribution in [1.29, 1.82) is 0 Å². The van der Waals surface area contributed by atoms with Crippen molar-refractivity contribution >= 4 is 17.2 Å². The number of nitrogens with one attached hydrogen (secondary N) is 1. The number of aliphatic hydroxyl groups is 1. The Morgan fingerprint density at radius 1 is 1.36 bits per heavy atom. The largest absolute Gasteiger partial charge is 0.396 e. The standard InChI is InChI=1S/C20H22FN5O2/c21-15-3-1-4-16(9-15)24-17-5-2-7-25(13-17)20(28)18-11-23-26-12-14(6-8-27)10-22-19(18)26/h1,3-4,9-12,17,24,27H,2,5-8,13H2/t17-/m0/s1. The molecule has 0 spiro atoms. The Morgan fingerprint density at radius 3 is 3.07 bits per heavy atom. The van der Waals surface area contributed by atoms with E-state index in [0.29, 0.717) is 36.4 Å². The second kappa shape index (κ2) is 7.93. The van der Waals surface area contributed by atoms with E-state index in [0.717, 1.165) is 18.4 Å². The van der Waals surface area contributed by atoms with E-state index in [1.807, 2.05) is 6.07 Å². The first kappa shape index (κ1) is 18.4. The van der Waals surface area contributed by atoms with Crippen LogP contribution in [0.5, 0.6) is 0 Å². The lowest BCUT2D eigenvalue weighted by atomic mass is 10.0. The van der Waals surface area contributed by atoms with E-state index in [-0.39, 0.29) is 24.4 Å². The van der Waals surface area contributed by atoms with Crippen LogP contribution in [0.3, 0.4) is 0 Å². The Hall–Kier alpha value is -3.00. The number of piperidine rings is 1. The summed E-state index contributed by atoms with van der Waals surface area (Å²) in [6.07, 6.45) is 7.25. The van der Waals surface area contributed by atoms with Crippen LogP contribution >= 0.6 is 0 Å². The van der Waals surface area contributed by atoms with Crippen LogP contribution in [0.2, 0.25) is 0 Å². The van der Waals surface area contributed by atoms with Gasteiger partial charge in [0, 0.05) is 43.8 Å². The van der Waals surface area contributed by atoms with Crippen molar-refractivity contribution in [1.82, 2.24) is 19.5 Å². The zero-order valence-corrected chi connectivity index (χ0v) is 15.4. The maximum absolute atomic E-state index is 13.4. The number of nitrogens with zero attached hydrogens (tertiary/aromatic N) is 4. The minimum Gasteiger partial charge on any atom is -0.396 e. The number of benzene rings is 1. The molecule has 2 aromatic heterocycles. The summed E-state index contributed by atoms with van der Waals surface area (Å²) in [5.41, 5.74) is 2.54. The summed E-state index contributed by atoms with van der Waals surface area (Å²) in [6.45, 7) is 1.24. The fourth-order valence-corrected chi connectivity index (χ4v) is 3.59. The van der Waals surface area contributed by atoms with E-state index >= 15 is 0 Å². The van der Waals surface area contributed by atoms with Crippen molar-refractivity contribution in [3.05, 3.63) is 59.8 Å². The Balaban J connectivity index is 1.49. The molecule has 1 fully saturated rings. The number of rotatable bonds is 5. The summed E-state index contributed by atoms with van der Waals surface area (Å²) in [6, 6.07) is 6.42. The van der Waals surface area contributed by atoms with Crippen LogP contribution in [0.4, 0.5) is 10.1 Å². The summed E-state index contributed by atoms with van der Waals surface area (Å²) in [4.78, 5) is 19.2. The topological polar surface area (TPSA) is 82.8 Å². The van der Waals surface area contributed by atoms with Gasteiger partial charge in [-0.2, -0.15) is 5.10 Å². The number of carbonyl (C=O) groups excluding carboxylic acids is 1. The number of carbonyl (C=O) groups is 1. The molecule has 7 nitrogen and oxygen atoms in total. The molecule has 4 rings (SSSR count). The molecule has 1 atom stereocenters. The smallest absolute Gasteiger partial charge is 0.259 e. The van der Waals surface area contributed by atoms with Gasteiger partial charge < -0.3 is 15.3 Å². The molecule has 0 bridgehead atoms. The fourth-order valence-electron chi connectivity index (χ4n) is 3.59. The predicted octanol–water partition coefficient (Wildman–Crippen LogP) is 2.12. The molecule has 1 amide bonds. The molecular formula is C20H22FN5O2. The molecule has 0 radical (unpaired) electrons. The molecule has 28 heavy (non-hydrogen) atoms. The van der Waals surface area contributed by atoms with Gasteiger partial charge in [0.2, 0.25) is 0 Å². The molecule has 1 aliphatic rings. The Kier molecular flexibility index (Phi) is 5.21. The average molecular weight is 383 g/mol. The first-order valence-electron chi connectivity index (χ1n) is 9.38. The van der Waals surface area contributed by atoms with Crippen molar-refractivity contribution in [3.63, 3.8) is 0 Å². The van der Waals surface area contributed by atoms with E-state index in [9.17, 15) is 9.18 Å². The number of hydrogen-bond acceptors (Lipinski definition) is 5. The third-order valence-electron chi connectivity index (χ3n) is 4.94. The van der Waals surface area contributed by atoms with Crippen LogP contribution < -0.4 is 5.32 Å². The summed E-state index contributed by atoms with van der Waals surface area (Å²) < 4.78 is 15.0. The third kappa shape index (κ3) is 3.82. The highest BCUT2D eigenvalue weighted by molar-refractivity contribution is 5.99. The van der Waals surface area contributed by atoms with Gasteiger partial charge in [-0.05, 0) is 43.0 Å². The maximum atomic E-state index is 13.4. The van der Waals surface area contributed by atoms with Gasteiger partial charge in [0.25, 0.3) is 5.91 Å². The van der Waals surface area contributed by atoms with E-state index in [1.54, 1.807) is 27.9 Å². The van der Waals surface area contributed by atoms with Crippen molar-refractivity contribution in [2.45, 2.75) is 25.3 Å². The molecule has 1 saturated heterocycles. The maximum Gasteiger partial charge on any atom is 0.259 e. The Morgan fingerprint density at radius 2 is 2.25 bits per heavy atom. The lowest BCUT2D eigenvalue weighted by Crippen LogP contribution is -2.45. The van der Waals surface area contributed by atoms with Crippen molar-refractivity contribution in [2.75, 3.05) is 25.0 Å².